The molecular weight excluding hydrogens is 566 g/mol. The Hall–Kier alpha value is -4.96. The summed E-state index contributed by atoms with van der Waals surface area (Å²) in [4.78, 5) is 56.4. The maximum Gasteiger partial charge on any atom is 0.407 e. The number of likely N-dealkylation sites (tertiary alicyclic amines) is 1. The number of amides is 4. The van der Waals surface area contributed by atoms with E-state index in [4.69, 9.17) is 10.5 Å². The van der Waals surface area contributed by atoms with Crippen LogP contribution in [0.1, 0.15) is 61.6 Å². The summed E-state index contributed by atoms with van der Waals surface area (Å²) in [5.41, 5.74) is 5.17. The number of aromatic nitrogens is 3. The van der Waals surface area contributed by atoms with Crippen molar-refractivity contribution in [2.24, 2.45) is 5.73 Å². The Balaban J connectivity index is 1.48. The molecule has 0 unspecified atom stereocenters. The van der Waals surface area contributed by atoms with Gasteiger partial charge in [-0.2, -0.15) is 5.10 Å². The molecule has 0 aliphatic carbocycles. The maximum atomic E-state index is 12.7. The Labute approximate surface area is 255 Å². The molecule has 4 N–H and O–H groups in total. The van der Waals surface area contributed by atoms with Gasteiger partial charge >= 0.3 is 6.09 Å². The number of alkyl carbamates (subject to hydrolysis) is 1. The molecule has 0 bridgehead atoms. The molecule has 4 rings (SSSR count). The van der Waals surface area contributed by atoms with Crippen LogP contribution in [0.4, 0.5) is 4.79 Å². The number of ether oxygens (including phenoxy) is 1. The average Bonchev–Trinajstić information content (AvgIpc) is 3.46. The lowest BCUT2D eigenvalue weighted by Crippen LogP contribution is -2.37. The zero-order valence-corrected chi connectivity index (χ0v) is 25.5. The minimum absolute atomic E-state index is 0.0382. The fraction of sp³-hybridized carbons (Fsp3) is 0.419. The number of likely N-dealkylation sites (N-methyl/N-ethyl adjacent to an activating group) is 1. The highest BCUT2D eigenvalue weighted by molar-refractivity contribution is 6.04. The van der Waals surface area contributed by atoms with E-state index in [9.17, 15) is 24.3 Å². The van der Waals surface area contributed by atoms with Gasteiger partial charge in [-0.3, -0.25) is 14.4 Å². The zero-order valence-electron chi connectivity index (χ0n) is 25.5. The molecule has 3 aromatic rings. The van der Waals surface area contributed by atoms with Gasteiger partial charge in [0, 0.05) is 63.7 Å². The number of aliphatic hydroxyl groups is 1. The van der Waals surface area contributed by atoms with Crippen molar-refractivity contribution in [1.82, 2.24) is 29.9 Å². The fourth-order valence-electron chi connectivity index (χ4n) is 4.67. The van der Waals surface area contributed by atoms with Gasteiger partial charge in [0.15, 0.2) is 11.5 Å². The Bertz CT molecular complexity index is 1670. The SMILES string of the molecule is CN(Cc1ccc2c(c1)c(C(N)=O)nn2-c1cc(C#C[C@]2(O)CCN(C)C2=O)ccn1)C(=O)CCCNC(=O)OC(C)(C)C. The standard InChI is InChI=1S/C31H37N7O6/c1-30(2,3)44-29(42)34-14-6-7-25(39)37(5)19-21-8-9-23-22(17-21)26(27(32)40)35-38(23)24-18-20(11-15-33-24)10-12-31(43)13-16-36(4)28(31)41/h8-9,11,15,17-18,43H,6-7,13-14,16,19H2,1-5H3,(H2,32,40)(H,34,42)/t31-/m0/s1. The largest absolute Gasteiger partial charge is 0.444 e. The van der Waals surface area contributed by atoms with E-state index < -0.39 is 29.1 Å². The van der Waals surface area contributed by atoms with Crippen molar-refractivity contribution in [2.75, 3.05) is 27.2 Å². The minimum atomic E-state index is -1.74. The van der Waals surface area contributed by atoms with Crippen LogP contribution >= 0.6 is 0 Å². The van der Waals surface area contributed by atoms with Crippen molar-refractivity contribution >= 4 is 34.7 Å². The first-order chi connectivity index (χ1) is 20.7. The van der Waals surface area contributed by atoms with Crippen LogP contribution in [0.3, 0.4) is 0 Å². The minimum Gasteiger partial charge on any atom is -0.444 e. The van der Waals surface area contributed by atoms with Crippen LogP contribution in [0.2, 0.25) is 0 Å². The molecule has 4 amide bonds. The van der Waals surface area contributed by atoms with Gasteiger partial charge in [-0.1, -0.05) is 17.9 Å². The highest BCUT2D eigenvalue weighted by Crippen LogP contribution is 2.25. The van der Waals surface area contributed by atoms with Gasteiger partial charge in [-0.25, -0.2) is 14.5 Å². The summed E-state index contributed by atoms with van der Waals surface area (Å²) in [6.45, 7) is 6.33. The Morgan fingerprint density at radius 1 is 1.23 bits per heavy atom. The third-order valence-corrected chi connectivity index (χ3v) is 6.94. The van der Waals surface area contributed by atoms with E-state index in [1.54, 1.807) is 64.0 Å². The summed E-state index contributed by atoms with van der Waals surface area (Å²) in [6.07, 6.45) is 1.88. The van der Waals surface area contributed by atoms with Crippen LogP contribution in [0.15, 0.2) is 36.5 Å². The van der Waals surface area contributed by atoms with Crippen molar-refractivity contribution in [3.05, 3.63) is 53.3 Å². The second-order valence-corrected chi connectivity index (χ2v) is 11.7. The van der Waals surface area contributed by atoms with Crippen LogP contribution < -0.4 is 11.1 Å². The number of nitrogens with one attached hydrogen (secondary N) is 1. The topological polar surface area (TPSA) is 173 Å². The van der Waals surface area contributed by atoms with E-state index in [0.29, 0.717) is 41.8 Å². The van der Waals surface area contributed by atoms with Crippen molar-refractivity contribution in [3.8, 4) is 17.7 Å². The highest BCUT2D eigenvalue weighted by atomic mass is 16.6. The molecule has 44 heavy (non-hydrogen) atoms. The molecule has 3 heterocycles. The molecule has 232 valence electrons. The van der Waals surface area contributed by atoms with Gasteiger partial charge in [0.1, 0.15) is 5.60 Å². The molecule has 13 heteroatoms. The predicted molar refractivity (Wildman–Crippen MR) is 161 cm³/mol. The second-order valence-electron chi connectivity index (χ2n) is 11.7. The number of nitrogens with two attached hydrogens (primary N) is 1. The third-order valence-electron chi connectivity index (χ3n) is 6.94. The summed E-state index contributed by atoms with van der Waals surface area (Å²) >= 11 is 0. The normalized spacial score (nSPS) is 16.4. The number of primary amides is 1. The first kappa shape index (κ1) is 32.0. The Morgan fingerprint density at radius 2 is 1.98 bits per heavy atom. The molecule has 1 fully saturated rings. The van der Waals surface area contributed by atoms with E-state index in [0.717, 1.165) is 5.56 Å². The Morgan fingerprint density at radius 3 is 2.64 bits per heavy atom. The number of rotatable bonds is 8. The quantitative estimate of drug-likeness (QED) is 0.258. The van der Waals surface area contributed by atoms with E-state index >= 15 is 0 Å². The highest BCUT2D eigenvalue weighted by Gasteiger charge is 2.42. The summed E-state index contributed by atoms with van der Waals surface area (Å²) in [5, 5.41) is 18.2. The van der Waals surface area contributed by atoms with E-state index in [2.05, 4.69) is 27.2 Å². The average molecular weight is 604 g/mol. The van der Waals surface area contributed by atoms with Gasteiger partial charge in [0.2, 0.25) is 11.5 Å². The number of hydrogen-bond acceptors (Lipinski definition) is 8. The molecule has 1 saturated heterocycles. The number of carbonyl (C=O) groups excluding carboxylic acids is 4. The Kier molecular flexibility index (Phi) is 9.24. The monoisotopic (exact) mass is 603 g/mol. The summed E-state index contributed by atoms with van der Waals surface area (Å²) in [5.74, 6) is 4.62. The summed E-state index contributed by atoms with van der Waals surface area (Å²) in [7, 11) is 3.29. The van der Waals surface area contributed by atoms with Crippen LogP contribution in [0.25, 0.3) is 16.7 Å². The smallest absolute Gasteiger partial charge is 0.407 e. The third kappa shape index (κ3) is 7.51. The molecule has 1 aliphatic heterocycles. The lowest BCUT2D eigenvalue weighted by Gasteiger charge is -2.20. The molecule has 1 aliphatic rings. The van der Waals surface area contributed by atoms with Crippen molar-refractivity contribution in [1.29, 1.82) is 0 Å². The van der Waals surface area contributed by atoms with Crippen molar-refractivity contribution < 1.29 is 29.0 Å². The van der Waals surface area contributed by atoms with Gasteiger partial charge in [-0.15, -0.1) is 0 Å². The number of nitrogens with zero attached hydrogens (tertiary/aromatic N) is 5. The number of benzene rings is 1. The molecule has 1 atom stereocenters. The molecule has 2 aromatic heterocycles. The summed E-state index contributed by atoms with van der Waals surface area (Å²) in [6, 6.07) is 8.62. The molecule has 1 aromatic carbocycles. The number of fused-ring (bicyclic) bond motifs is 1. The fourth-order valence-corrected chi connectivity index (χ4v) is 4.67. The number of carbonyl (C=O) groups is 4. The molecule has 0 saturated carbocycles. The second kappa shape index (κ2) is 12.7. The first-order valence-corrected chi connectivity index (χ1v) is 14.2. The first-order valence-electron chi connectivity index (χ1n) is 14.2. The maximum absolute atomic E-state index is 12.7. The van der Waals surface area contributed by atoms with Gasteiger partial charge in [-0.05, 0) is 57.0 Å². The van der Waals surface area contributed by atoms with Crippen LogP contribution in [0.5, 0.6) is 0 Å². The van der Waals surface area contributed by atoms with Crippen molar-refractivity contribution in [2.45, 2.75) is 57.8 Å². The van der Waals surface area contributed by atoms with Gasteiger partial charge in [0.05, 0.1) is 5.52 Å². The number of pyridine rings is 1. The van der Waals surface area contributed by atoms with Crippen molar-refractivity contribution in [3.63, 3.8) is 0 Å². The van der Waals surface area contributed by atoms with Crippen LogP contribution in [-0.2, 0) is 20.9 Å². The molecule has 0 spiro atoms. The lowest BCUT2D eigenvalue weighted by atomic mass is 10.0. The predicted octanol–water partition coefficient (Wildman–Crippen LogP) is 1.73. The van der Waals surface area contributed by atoms with E-state index in [1.807, 2.05) is 6.07 Å². The number of hydrogen-bond donors (Lipinski definition) is 3. The molecule has 0 radical (unpaired) electrons. The lowest BCUT2D eigenvalue weighted by molar-refractivity contribution is -0.137. The molecular formula is C31H37N7O6. The molecule has 13 nitrogen and oxygen atoms in total. The summed E-state index contributed by atoms with van der Waals surface area (Å²) < 4.78 is 6.66. The van der Waals surface area contributed by atoms with Gasteiger partial charge < -0.3 is 30.7 Å². The van der Waals surface area contributed by atoms with E-state index in [1.165, 1.54) is 15.8 Å². The van der Waals surface area contributed by atoms with Crippen LogP contribution in [-0.4, -0.2) is 91.9 Å². The van der Waals surface area contributed by atoms with E-state index in [-0.39, 0.29) is 31.0 Å². The van der Waals surface area contributed by atoms with Crippen LogP contribution in [0, 0.1) is 11.8 Å². The van der Waals surface area contributed by atoms with Gasteiger partial charge in [0.25, 0.3) is 11.8 Å². The zero-order chi connectivity index (χ0) is 32.2.